The third kappa shape index (κ3) is 5.63. The van der Waals surface area contributed by atoms with Gasteiger partial charge in [0.15, 0.2) is 0 Å². The SMILES string of the molecule is Cc1ccc2c(NC(=O)[C@@H]3C[C@H]3C)cccc2c1Oc1ncccc1-c1ccnc(N[C@H]2CCCN(C(=O)O)C2)n1. The van der Waals surface area contributed by atoms with Gasteiger partial charge in [-0.05, 0) is 61.9 Å². The molecule has 4 aromatic rings. The molecule has 1 saturated carbocycles. The first-order valence-electron chi connectivity index (χ1n) is 13.9. The number of aromatic nitrogens is 3. The van der Waals surface area contributed by atoms with E-state index in [1.807, 2.05) is 49.4 Å². The Morgan fingerprint density at radius 2 is 1.90 bits per heavy atom. The highest BCUT2D eigenvalue weighted by Crippen LogP contribution is 2.41. The number of ether oxygens (including phenoxy) is 1. The molecule has 3 heterocycles. The summed E-state index contributed by atoms with van der Waals surface area (Å²) in [6.07, 6.45) is 4.96. The van der Waals surface area contributed by atoms with Crippen molar-refractivity contribution in [3.8, 4) is 22.9 Å². The minimum absolute atomic E-state index is 0.0529. The zero-order valence-corrected chi connectivity index (χ0v) is 23.0. The summed E-state index contributed by atoms with van der Waals surface area (Å²) < 4.78 is 6.50. The Labute approximate surface area is 237 Å². The van der Waals surface area contributed by atoms with Gasteiger partial charge in [-0.25, -0.2) is 19.7 Å². The number of nitrogens with zero attached hydrogens (tertiary/aromatic N) is 4. The number of nitrogens with one attached hydrogen (secondary N) is 2. The molecule has 10 nitrogen and oxygen atoms in total. The maximum atomic E-state index is 12.7. The van der Waals surface area contributed by atoms with Crippen LogP contribution in [0.2, 0.25) is 0 Å². The number of carbonyl (C=O) groups excluding carboxylic acids is 1. The highest BCUT2D eigenvalue weighted by molar-refractivity contribution is 6.05. The molecule has 3 atom stereocenters. The third-order valence-electron chi connectivity index (χ3n) is 7.84. The van der Waals surface area contributed by atoms with Crippen LogP contribution in [0.15, 0.2) is 60.9 Å². The molecule has 210 valence electrons. The summed E-state index contributed by atoms with van der Waals surface area (Å²) in [5.41, 5.74) is 3.00. The summed E-state index contributed by atoms with van der Waals surface area (Å²) in [6, 6.07) is 15.2. The number of anilines is 2. The van der Waals surface area contributed by atoms with E-state index >= 15 is 0 Å². The monoisotopic (exact) mass is 552 g/mol. The number of likely N-dealkylation sites (tertiary alicyclic amines) is 1. The average Bonchev–Trinajstić information content (AvgIpc) is 3.72. The summed E-state index contributed by atoms with van der Waals surface area (Å²) in [5.74, 6) is 2.01. The lowest BCUT2D eigenvalue weighted by Crippen LogP contribution is -2.44. The minimum atomic E-state index is -0.918. The van der Waals surface area contributed by atoms with Gasteiger partial charge in [0.1, 0.15) is 5.75 Å². The average molecular weight is 553 g/mol. The summed E-state index contributed by atoms with van der Waals surface area (Å²) in [6.45, 7) is 4.98. The van der Waals surface area contributed by atoms with Crippen molar-refractivity contribution < 1.29 is 19.4 Å². The molecule has 2 aromatic heterocycles. The normalized spacial score (nSPS) is 20.0. The van der Waals surface area contributed by atoms with Crippen molar-refractivity contribution in [2.45, 2.75) is 39.2 Å². The molecule has 0 spiro atoms. The fraction of sp³-hybridized carbons (Fsp3) is 0.323. The molecule has 1 aliphatic heterocycles. The molecule has 2 aromatic carbocycles. The molecule has 0 radical (unpaired) electrons. The maximum Gasteiger partial charge on any atom is 0.407 e. The number of carbonyl (C=O) groups is 2. The van der Waals surface area contributed by atoms with Gasteiger partial charge in [0, 0.05) is 53.9 Å². The number of aryl methyl sites for hydroxylation is 1. The van der Waals surface area contributed by atoms with Crippen molar-refractivity contribution in [1.29, 1.82) is 0 Å². The van der Waals surface area contributed by atoms with Crippen LogP contribution in [0, 0.1) is 18.8 Å². The first-order valence-corrected chi connectivity index (χ1v) is 13.9. The van der Waals surface area contributed by atoms with E-state index in [1.54, 1.807) is 18.5 Å². The fourth-order valence-electron chi connectivity index (χ4n) is 5.39. The second-order valence-corrected chi connectivity index (χ2v) is 10.9. The van der Waals surface area contributed by atoms with E-state index in [0.717, 1.165) is 41.3 Å². The molecule has 6 rings (SSSR count). The number of hydrogen-bond acceptors (Lipinski definition) is 7. The summed E-state index contributed by atoms with van der Waals surface area (Å²) in [5, 5.41) is 17.5. The van der Waals surface area contributed by atoms with E-state index in [1.165, 1.54) is 4.90 Å². The first kappa shape index (κ1) is 26.5. The lowest BCUT2D eigenvalue weighted by atomic mass is 10.0. The Morgan fingerprint density at radius 3 is 2.71 bits per heavy atom. The van der Waals surface area contributed by atoms with E-state index in [-0.39, 0.29) is 17.9 Å². The van der Waals surface area contributed by atoms with Crippen LogP contribution in [0.25, 0.3) is 22.0 Å². The van der Waals surface area contributed by atoms with E-state index < -0.39 is 6.09 Å². The Balaban J connectivity index is 1.28. The second-order valence-electron chi connectivity index (χ2n) is 10.9. The van der Waals surface area contributed by atoms with Crippen molar-refractivity contribution in [2.75, 3.05) is 23.7 Å². The van der Waals surface area contributed by atoms with Gasteiger partial charge < -0.3 is 25.4 Å². The van der Waals surface area contributed by atoms with Gasteiger partial charge >= 0.3 is 6.09 Å². The van der Waals surface area contributed by atoms with Crippen LogP contribution in [0.5, 0.6) is 11.6 Å². The molecule has 0 bridgehead atoms. The number of benzene rings is 2. The van der Waals surface area contributed by atoms with Gasteiger partial charge in [-0.15, -0.1) is 0 Å². The quantitative estimate of drug-likeness (QED) is 0.257. The van der Waals surface area contributed by atoms with Gasteiger partial charge in [-0.1, -0.05) is 31.2 Å². The molecule has 10 heteroatoms. The Hall–Kier alpha value is -4.73. The van der Waals surface area contributed by atoms with Crippen LogP contribution in [-0.2, 0) is 4.79 Å². The Morgan fingerprint density at radius 1 is 1.05 bits per heavy atom. The van der Waals surface area contributed by atoms with Crippen molar-refractivity contribution in [3.63, 3.8) is 0 Å². The number of pyridine rings is 1. The summed E-state index contributed by atoms with van der Waals surface area (Å²) in [7, 11) is 0. The third-order valence-corrected chi connectivity index (χ3v) is 7.84. The fourth-order valence-corrected chi connectivity index (χ4v) is 5.39. The molecule has 1 saturated heterocycles. The molecular formula is C31H32N6O4. The van der Waals surface area contributed by atoms with Crippen LogP contribution < -0.4 is 15.4 Å². The van der Waals surface area contributed by atoms with Crippen molar-refractivity contribution in [3.05, 3.63) is 66.5 Å². The minimum Gasteiger partial charge on any atom is -0.465 e. The number of carboxylic acid groups (broad SMARTS) is 1. The standard InChI is InChI=1S/C31H32N6O4/c1-18-10-11-21-22(7-3-9-25(21)35-28(38)24-16-19(24)2)27(18)41-29-23(8-4-13-32-29)26-12-14-33-30(36-26)34-20-6-5-15-37(17-20)31(39)40/h3-4,7-14,19-20,24H,5-6,15-17H2,1-2H3,(H,35,38)(H,39,40)(H,33,34,36)/t19-,20+,24-/m1/s1. The van der Waals surface area contributed by atoms with Gasteiger partial charge in [0.25, 0.3) is 0 Å². The van der Waals surface area contributed by atoms with E-state index in [2.05, 4.69) is 27.5 Å². The zero-order valence-electron chi connectivity index (χ0n) is 23.0. The number of amides is 2. The molecule has 3 N–H and O–H groups in total. The van der Waals surface area contributed by atoms with Crippen molar-refractivity contribution >= 4 is 34.4 Å². The molecule has 1 aliphatic carbocycles. The van der Waals surface area contributed by atoms with Gasteiger partial charge in [0.2, 0.25) is 17.7 Å². The molecule has 0 unspecified atom stereocenters. The van der Waals surface area contributed by atoms with Crippen LogP contribution in [-0.4, -0.2) is 56.1 Å². The van der Waals surface area contributed by atoms with Crippen molar-refractivity contribution in [1.82, 2.24) is 19.9 Å². The number of rotatable bonds is 7. The van der Waals surface area contributed by atoms with Gasteiger partial charge in [-0.3, -0.25) is 4.79 Å². The molecule has 41 heavy (non-hydrogen) atoms. The number of hydrogen-bond donors (Lipinski definition) is 3. The Bertz CT molecular complexity index is 1630. The maximum absolute atomic E-state index is 12.7. The topological polar surface area (TPSA) is 130 Å². The molecular weight excluding hydrogens is 520 g/mol. The first-order chi connectivity index (χ1) is 19.9. The van der Waals surface area contributed by atoms with E-state index in [4.69, 9.17) is 9.72 Å². The highest BCUT2D eigenvalue weighted by Gasteiger charge is 2.39. The summed E-state index contributed by atoms with van der Waals surface area (Å²) in [4.78, 5) is 39.1. The van der Waals surface area contributed by atoms with Crippen LogP contribution in [0.4, 0.5) is 16.4 Å². The lowest BCUT2D eigenvalue weighted by molar-refractivity contribution is -0.117. The van der Waals surface area contributed by atoms with Crippen LogP contribution >= 0.6 is 0 Å². The molecule has 2 fully saturated rings. The van der Waals surface area contributed by atoms with Crippen LogP contribution in [0.1, 0.15) is 31.7 Å². The lowest BCUT2D eigenvalue weighted by Gasteiger charge is -2.31. The predicted octanol–water partition coefficient (Wildman–Crippen LogP) is 5.94. The van der Waals surface area contributed by atoms with E-state index in [0.29, 0.717) is 47.8 Å². The Kier molecular flexibility index (Phi) is 7.13. The smallest absolute Gasteiger partial charge is 0.407 e. The van der Waals surface area contributed by atoms with Crippen LogP contribution in [0.3, 0.4) is 0 Å². The number of piperidine rings is 1. The summed E-state index contributed by atoms with van der Waals surface area (Å²) >= 11 is 0. The number of fused-ring (bicyclic) bond motifs is 1. The highest BCUT2D eigenvalue weighted by atomic mass is 16.5. The second kappa shape index (κ2) is 11.0. The van der Waals surface area contributed by atoms with E-state index in [9.17, 15) is 14.7 Å². The van der Waals surface area contributed by atoms with Gasteiger partial charge in [-0.2, -0.15) is 0 Å². The molecule has 2 amide bonds. The zero-order chi connectivity index (χ0) is 28.5. The predicted molar refractivity (Wildman–Crippen MR) is 156 cm³/mol. The largest absolute Gasteiger partial charge is 0.465 e. The molecule has 2 aliphatic rings. The van der Waals surface area contributed by atoms with Gasteiger partial charge in [0.05, 0.1) is 11.3 Å². The van der Waals surface area contributed by atoms with Crippen molar-refractivity contribution in [2.24, 2.45) is 11.8 Å².